The van der Waals surface area contributed by atoms with Crippen molar-refractivity contribution in [3.63, 3.8) is 0 Å². The first-order chi connectivity index (χ1) is 12.2. The Kier molecular flexibility index (Phi) is 5.30. The van der Waals surface area contributed by atoms with Gasteiger partial charge in [-0.2, -0.15) is 0 Å². The highest BCUT2D eigenvalue weighted by atomic mass is 32.2. The molecular formula is C19H29N3O3S. The molecule has 0 aliphatic carbocycles. The SMILES string of the molecule is Cc1cccc(N2CCN(CC(=O)N[C@]3(C)CCS(=O)(=O)C3)CC2)c1C. The molecule has 0 unspecified atom stereocenters. The van der Waals surface area contributed by atoms with Crippen LogP contribution in [0, 0.1) is 13.8 Å². The molecule has 2 fully saturated rings. The quantitative estimate of drug-likeness (QED) is 0.849. The first-order valence-corrected chi connectivity index (χ1v) is 11.0. The van der Waals surface area contributed by atoms with Crippen LogP contribution >= 0.6 is 0 Å². The molecule has 7 heteroatoms. The summed E-state index contributed by atoms with van der Waals surface area (Å²) in [5.74, 6) is 0.134. The number of aryl methyl sites for hydroxylation is 1. The van der Waals surface area contributed by atoms with E-state index in [1.165, 1.54) is 16.8 Å². The number of sulfone groups is 1. The lowest BCUT2D eigenvalue weighted by Crippen LogP contribution is -2.53. The molecule has 0 bridgehead atoms. The van der Waals surface area contributed by atoms with Gasteiger partial charge in [0.25, 0.3) is 0 Å². The lowest BCUT2D eigenvalue weighted by molar-refractivity contribution is -0.123. The van der Waals surface area contributed by atoms with E-state index >= 15 is 0 Å². The summed E-state index contributed by atoms with van der Waals surface area (Å²) in [6.45, 7) is 9.88. The zero-order valence-electron chi connectivity index (χ0n) is 15.9. The van der Waals surface area contributed by atoms with Crippen LogP contribution in [0.3, 0.4) is 0 Å². The van der Waals surface area contributed by atoms with Gasteiger partial charge in [-0.25, -0.2) is 8.42 Å². The third-order valence-electron chi connectivity index (χ3n) is 5.60. The lowest BCUT2D eigenvalue weighted by atomic mass is 10.0. The fourth-order valence-electron chi connectivity index (χ4n) is 3.91. The maximum absolute atomic E-state index is 12.4. The van der Waals surface area contributed by atoms with E-state index in [0.29, 0.717) is 13.0 Å². The van der Waals surface area contributed by atoms with Crippen LogP contribution in [0.2, 0.25) is 0 Å². The molecule has 1 amide bonds. The molecule has 2 heterocycles. The van der Waals surface area contributed by atoms with Gasteiger partial charge in [-0.3, -0.25) is 9.69 Å². The topological polar surface area (TPSA) is 69.7 Å². The van der Waals surface area contributed by atoms with E-state index in [1.807, 2.05) is 6.92 Å². The fourth-order valence-corrected chi connectivity index (χ4v) is 6.01. The number of anilines is 1. The Morgan fingerprint density at radius 2 is 1.88 bits per heavy atom. The Morgan fingerprint density at radius 3 is 2.50 bits per heavy atom. The second-order valence-corrected chi connectivity index (χ2v) is 10.1. The van der Waals surface area contributed by atoms with Gasteiger partial charge in [-0.1, -0.05) is 12.1 Å². The van der Waals surface area contributed by atoms with Crippen LogP contribution in [0.4, 0.5) is 5.69 Å². The first-order valence-electron chi connectivity index (χ1n) is 9.22. The highest BCUT2D eigenvalue weighted by molar-refractivity contribution is 7.91. The van der Waals surface area contributed by atoms with Crippen molar-refractivity contribution in [2.45, 2.75) is 32.7 Å². The van der Waals surface area contributed by atoms with Crippen LogP contribution in [0.5, 0.6) is 0 Å². The molecule has 26 heavy (non-hydrogen) atoms. The molecular weight excluding hydrogens is 350 g/mol. The fraction of sp³-hybridized carbons (Fsp3) is 0.632. The standard InChI is InChI=1S/C19H29N3O3S/c1-15-5-4-6-17(16(15)2)22-10-8-21(9-11-22)13-18(23)20-19(3)7-12-26(24,25)14-19/h4-6H,7-14H2,1-3H3,(H,20,23)/t19-/m1/s1. The summed E-state index contributed by atoms with van der Waals surface area (Å²) in [5.41, 5.74) is 3.27. The van der Waals surface area contributed by atoms with Gasteiger partial charge >= 0.3 is 0 Å². The predicted octanol–water partition coefficient (Wildman–Crippen LogP) is 1.12. The van der Waals surface area contributed by atoms with Gasteiger partial charge in [0.05, 0.1) is 23.6 Å². The maximum Gasteiger partial charge on any atom is 0.234 e. The number of carbonyl (C=O) groups excluding carboxylic acids is 1. The summed E-state index contributed by atoms with van der Waals surface area (Å²) in [6.07, 6.45) is 0.501. The Labute approximate surface area is 156 Å². The van der Waals surface area contributed by atoms with E-state index < -0.39 is 15.4 Å². The predicted molar refractivity (Wildman–Crippen MR) is 104 cm³/mol. The molecule has 2 aliphatic heterocycles. The number of nitrogens with one attached hydrogen (secondary N) is 1. The zero-order valence-corrected chi connectivity index (χ0v) is 16.7. The number of benzene rings is 1. The van der Waals surface area contributed by atoms with E-state index in [0.717, 1.165) is 26.2 Å². The van der Waals surface area contributed by atoms with E-state index in [1.54, 1.807) is 0 Å². The Balaban J connectivity index is 1.51. The number of hydrogen-bond acceptors (Lipinski definition) is 5. The highest BCUT2D eigenvalue weighted by Crippen LogP contribution is 2.24. The number of nitrogens with zero attached hydrogens (tertiary/aromatic N) is 2. The maximum atomic E-state index is 12.4. The summed E-state index contributed by atoms with van der Waals surface area (Å²) in [4.78, 5) is 16.9. The van der Waals surface area contributed by atoms with Crippen molar-refractivity contribution in [2.24, 2.45) is 0 Å². The molecule has 1 N–H and O–H groups in total. The molecule has 2 aliphatic rings. The summed E-state index contributed by atoms with van der Waals surface area (Å²) < 4.78 is 23.3. The van der Waals surface area contributed by atoms with E-state index in [9.17, 15) is 13.2 Å². The van der Waals surface area contributed by atoms with Gasteiger partial charge in [0.15, 0.2) is 9.84 Å². The second kappa shape index (κ2) is 7.19. The van der Waals surface area contributed by atoms with Gasteiger partial charge in [-0.05, 0) is 44.4 Å². The van der Waals surface area contributed by atoms with Crippen molar-refractivity contribution >= 4 is 21.4 Å². The monoisotopic (exact) mass is 379 g/mol. The Hall–Kier alpha value is -1.60. The third kappa shape index (κ3) is 4.38. The van der Waals surface area contributed by atoms with E-state index in [2.05, 4.69) is 47.2 Å². The lowest BCUT2D eigenvalue weighted by Gasteiger charge is -2.37. The first kappa shape index (κ1) is 19.2. The van der Waals surface area contributed by atoms with Crippen molar-refractivity contribution in [1.82, 2.24) is 10.2 Å². The summed E-state index contributed by atoms with van der Waals surface area (Å²) in [6, 6.07) is 6.38. The largest absolute Gasteiger partial charge is 0.369 e. The van der Waals surface area contributed by atoms with Crippen molar-refractivity contribution < 1.29 is 13.2 Å². The van der Waals surface area contributed by atoms with Crippen molar-refractivity contribution in [3.8, 4) is 0 Å². The molecule has 1 aromatic carbocycles. The summed E-state index contributed by atoms with van der Waals surface area (Å²) in [7, 11) is -3.01. The molecule has 1 aromatic rings. The highest BCUT2D eigenvalue weighted by Gasteiger charge is 2.39. The zero-order chi connectivity index (χ0) is 18.9. The minimum absolute atomic E-state index is 0.0478. The van der Waals surface area contributed by atoms with Crippen molar-refractivity contribution in [1.29, 1.82) is 0 Å². The number of piperazine rings is 1. The minimum atomic E-state index is -3.01. The smallest absolute Gasteiger partial charge is 0.234 e. The number of amides is 1. The van der Waals surface area contributed by atoms with Crippen LogP contribution in [-0.2, 0) is 14.6 Å². The van der Waals surface area contributed by atoms with Gasteiger partial charge in [-0.15, -0.1) is 0 Å². The Bertz CT molecular complexity index is 785. The van der Waals surface area contributed by atoms with Gasteiger partial charge < -0.3 is 10.2 Å². The van der Waals surface area contributed by atoms with Gasteiger partial charge in [0.1, 0.15) is 0 Å². The molecule has 3 rings (SSSR count). The minimum Gasteiger partial charge on any atom is -0.369 e. The van der Waals surface area contributed by atoms with Crippen LogP contribution in [-0.4, -0.2) is 69.0 Å². The number of rotatable bonds is 4. The molecule has 0 spiro atoms. The molecule has 0 radical (unpaired) electrons. The van der Waals surface area contributed by atoms with Gasteiger partial charge in [0, 0.05) is 31.9 Å². The average molecular weight is 380 g/mol. The molecule has 0 saturated carbocycles. The summed E-state index contributed by atoms with van der Waals surface area (Å²) >= 11 is 0. The van der Waals surface area contributed by atoms with Crippen LogP contribution in [0.25, 0.3) is 0 Å². The molecule has 2 saturated heterocycles. The normalized spacial score (nSPS) is 26.0. The van der Waals surface area contributed by atoms with Crippen molar-refractivity contribution in [3.05, 3.63) is 29.3 Å². The van der Waals surface area contributed by atoms with Crippen LogP contribution < -0.4 is 10.2 Å². The summed E-state index contributed by atoms with van der Waals surface area (Å²) in [5, 5.41) is 2.94. The van der Waals surface area contributed by atoms with Crippen molar-refractivity contribution in [2.75, 3.05) is 49.1 Å². The average Bonchev–Trinajstić information content (AvgIpc) is 2.84. The van der Waals surface area contributed by atoms with Crippen LogP contribution in [0.1, 0.15) is 24.5 Å². The Morgan fingerprint density at radius 1 is 1.19 bits per heavy atom. The molecule has 1 atom stereocenters. The molecule has 6 nitrogen and oxygen atoms in total. The van der Waals surface area contributed by atoms with Gasteiger partial charge in [0.2, 0.25) is 5.91 Å². The molecule has 144 valence electrons. The van der Waals surface area contributed by atoms with E-state index in [4.69, 9.17) is 0 Å². The molecule has 0 aromatic heterocycles. The second-order valence-electron chi connectivity index (χ2n) is 7.93. The van der Waals surface area contributed by atoms with Crippen LogP contribution in [0.15, 0.2) is 18.2 Å². The number of carbonyl (C=O) groups is 1. The third-order valence-corrected chi connectivity index (χ3v) is 7.50. The number of hydrogen-bond donors (Lipinski definition) is 1. The van der Waals surface area contributed by atoms with E-state index in [-0.39, 0.29) is 17.4 Å².